The van der Waals surface area contributed by atoms with Crippen molar-refractivity contribution in [3.63, 3.8) is 0 Å². The summed E-state index contributed by atoms with van der Waals surface area (Å²) in [6.45, 7) is 2.06. The molecule has 5 heteroatoms. The number of nitrogens with two attached hydrogens (primary N) is 1. The molecule has 0 saturated carbocycles. The number of hydrogen-bond donors (Lipinski definition) is 2. The minimum absolute atomic E-state index is 0.108. The van der Waals surface area contributed by atoms with Gasteiger partial charge >= 0.3 is 5.97 Å². The van der Waals surface area contributed by atoms with Crippen LogP contribution in [0.25, 0.3) is 0 Å². The number of rotatable bonds is 4. The molecular formula is C12H15NO4. The van der Waals surface area contributed by atoms with Crippen LogP contribution >= 0.6 is 0 Å². The van der Waals surface area contributed by atoms with Crippen LogP contribution in [0.2, 0.25) is 0 Å². The Morgan fingerprint density at radius 1 is 1.47 bits per heavy atom. The Hall–Kier alpha value is -1.75. The Bertz CT molecular complexity index is 446. The number of carboxylic acid groups (broad SMARTS) is 1. The van der Waals surface area contributed by atoms with Gasteiger partial charge in [-0.3, -0.25) is 4.79 Å². The fourth-order valence-corrected chi connectivity index (χ4v) is 1.91. The van der Waals surface area contributed by atoms with Gasteiger partial charge in [-0.25, -0.2) is 0 Å². The molecule has 0 bridgehead atoms. The maximum absolute atomic E-state index is 10.8. The van der Waals surface area contributed by atoms with E-state index in [-0.39, 0.29) is 13.2 Å². The zero-order valence-electron chi connectivity index (χ0n) is 9.60. The maximum atomic E-state index is 10.8. The monoisotopic (exact) mass is 237 g/mol. The predicted octanol–water partition coefficient (Wildman–Crippen LogP) is 1.45. The molecule has 0 fully saturated rings. The normalized spacial score (nSPS) is 16.6. The molecule has 0 radical (unpaired) electrons. The summed E-state index contributed by atoms with van der Waals surface area (Å²) in [5.41, 5.74) is 6.02. The van der Waals surface area contributed by atoms with Gasteiger partial charge in [-0.1, -0.05) is 13.0 Å². The van der Waals surface area contributed by atoms with Gasteiger partial charge in [0.05, 0.1) is 12.0 Å². The molecule has 0 amide bonds. The van der Waals surface area contributed by atoms with Crippen LogP contribution in [0.1, 0.15) is 25.3 Å². The van der Waals surface area contributed by atoms with Gasteiger partial charge in [-0.15, -0.1) is 0 Å². The van der Waals surface area contributed by atoms with E-state index in [0.29, 0.717) is 17.9 Å². The lowest BCUT2D eigenvalue weighted by Gasteiger charge is -2.27. The fraction of sp³-hybridized carbons (Fsp3) is 0.417. The first-order valence-electron chi connectivity index (χ1n) is 5.46. The van der Waals surface area contributed by atoms with Gasteiger partial charge in [0.1, 0.15) is 0 Å². The molecule has 1 heterocycles. The molecule has 1 atom stereocenters. The summed E-state index contributed by atoms with van der Waals surface area (Å²) in [5.74, 6) is 0.380. The van der Waals surface area contributed by atoms with Crippen molar-refractivity contribution < 1.29 is 19.4 Å². The third-order valence-corrected chi connectivity index (χ3v) is 3.05. The van der Waals surface area contributed by atoms with Crippen molar-refractivity contribution in [3.8, 4) is 11.5 Å². The fourth-order valence-electron chi connectivity index (χ4n) is 1.91. The van der Waals surface area contributed by atoms with E-state index in [2.05, 4.69) is 0 Å². The van der Waals surface area contributed by atoms with Crippen LogP contribution in [-0.4, -0.2) is 17.9 Å². The van der Waals surface area contributed by atoms with E-state index >= 15 is 0 Å². The number of carbonyl (C=O) groups is 1. The van der Waals surface area contributed by atoms with Crippen molar-refractivity contribution in [2.45, 2.75) is 25.3 Å². The van der Waals surface area contributed by atoms with Gasteiger partial charge in [0.25, 0.3) is 0 Å². The number of fused-ring (bicyclic) bond motifs is 1. The standard InChI is InChI=1S/C12H15NO4/c1-2-12(13,6-11(14)15)8-3-4-9-10(5-8)17-7-16-9/h3-5H,2,6-7,13H2,1H3,(H,14,15)/t12-/m1/s1. The van der Waals surface area contributed by atoms with Crippen molar-refractivity contribution in [3.05, 3.63) is 23.8 Å². The minimum atomic E-state index is -0.910. The van der Waals surface area contributed by atoms with E-state index in [1.54, 1.807) is 18.2 Å². The third kappa shape index (κ3) is 2.19. The number of ether oxygens (including phenoxy) is 2. The summed E-state index contributed by atoms with van der Waals surface area (Å²) >= 11 is 0. The summed E-state index contributed by atoms with van der Waals surface area (Å²) in [7, 11) is 0. The Labute approximate surface area is 99.1 Å². The van der Waals surface area contributed by atoms with Crippen molar-refractivity contribution in [1.29, 1.82) is 0 Å². The SMILES string of the molecule is CC[C@@](N)(CC(=O)O)c1ccc2c(c1)OCO2. The molecule has 5 nitrogen and oxygen atoms in total. The molecule has 0 spiro atoms. The van der Waals surface area contributed by atoms with E-state index in [9.17, 15) is 4.79 Å². The molecule has 3 N–H and O–H groups in total. The van der Waals surface area contributed by atoms with E-state index in [1.807, 2.05) is 6.92 Å². The van der Waals surface area contributed by atoms with Crippen LogP contribution in [0.5, 0.6) is 11.5 Å². The molecule has 2 rings (SSSR count). The van der Waals surface area contributed by atoms with Crippen LogP contribution in [0, 0.1) is 0 Å². The predicted molar refractivity (Wildman–Crippen MR) is 61.0 cm³/mol. The van der Waals surface area contributed by atoms with E-state index in [1.165, 1.54) is 0 Å². The first-order chi connectivity index (χ1) is 8.05. The quantitative estimate of drug-likeness (QED) is 0.828. The number of benzene rings is 1. The molecule has 0 unspecified atom stereocenters. The zero-order chi connectivity index (χ0) is 12.5. The number of carboxylic acids is 1. The Morgan fingerprint density at radius 2 is 2.18 bits per heavy atom. The number of aliphatic carboxylic acids is 1. The molecule has 0 saturated heterocycles. The molecule has 92 valence electrons. The third-order valence-electron chi connectivity index (χ3n) is 3.05. The first-order valence-corrected chi connectivity index (χ1v) is 5.46. The second-order valence-corrected chi connectivity index (χ2v) is 4.15. The van der Waals surface area contributed by atoms with Gasteiger partial charge < -0.3 is 20.3 Å². The van der Waals surface area contributed by atoms with Gasteiger partial charge in [-0.05, 0) is 24.1 Å². The highest BCUT2D eigenvalue weighted by molar-refractivity contribution is 5.69. The minimum Gasteiger partial charge on any atom is -0.481 e. The highest BCUT2D eigenvalue weighted by atomic mass is 16.7. The Kier molecular flexibility index (Phi) is 2.93. The highest BCUT2D eigenvalue weighted by Crippen LogP contribution is 2.36. The lowest BCUT2D eigenvalue weighted by Crippen LogP contribution is -2.38. The molecule has 1 aliphatic rings. The summed E-state index contributed by atoms with van der Waals surface area (Å²) in [6, 6.07) is 5.31. The molecular weight excluding hydrogens is 222 g/mol. The Morgan fingerprint density at radius 3 is 2.82 bits per heavy atom. The average Bonchev–Trinajstić information content (AvgIpc) is 2.74. The van der Waals surface area contributed by atoms with Crippen molar-refractivity contribution in [2.24, 2.45) is 5.73 Å². The summed E-state index contributed by atoms with van der Waals surface area (Å²) in [5, 5.41) is 8.90. The maximum Gasteiger partial charge on any atom is 0.305 e. The van der Waals surface area contributed by atoms with Gasteiger partial charge in [0.15, 0.2) is 11.5 Å². The lowest BCUT2D eigenvalue weighted by atomic mass is 9.85. The lowest BCUT2D eigenvalue weighted by molar-refractivity contribution is -0.138. The second-order valence-electron chi connectivity index (χ2n) is 4.15. The smallest absolute Gasteiger partial charge is 0.305 e. The van der Waals surface area contributed by atoms with Crippen molar-refractivity contribution in [1.82, 2.24) is 0 Å². The van der Waals surface area contributed by atoms with E-state index < -0.39 is 11.5 Å². The van der Waals surface area contributed by atoms with Crippen molar-refractivity contribution >= 4 is 5.97 Å². The molecule has 0 aromatic heterocycles. The second kappa shape index (κ2) is 4.25. The van der Waals surface area contributed by atoms with Crippen LogP contribution in [0.3, 0.4) is 0 Å². The van der Waals surface area contributed by atoms with Crippen LogP contribution in [-0.2, 0) is 10.3 Å². The number of hydrogen-bond acceptors (Lipinski definition) is 4. The van der Waals surface area contributed by atoms with Gasteiger partial charge in [0, 0.05) is 0 Å². The molecule has 1 aromatic rings. The van der Waals surface area contributed by atoms with Gasteiger partial charge in [-0.2, -0.15) is 0 Å². The van der Waals surface area contributed by atoms with Crippen LogP contribution in [0.15, 0.2) is 18.2 Å². The Balaban J connectivity index is 2.34. The van der Waals surface area contributed by atoms with E-state index in [0.717, 1.165) is 5.56 Å². The van der Waals surface area contributed by atoms with E-state index in [4.69, 9.17) is 20.3 Å². The summed E-state index contributed by atoms with van der Waals surface area (Å²) in [6.07, 6.45) is 0.433. The van der Waals surface area contributed by atoms with Crippen molar-refractivity contribution in [2.75, 3.05) is 6.79 Å². The topological polar surface area (TPSA) is 81.8 Å². The van der Waals surface area contributed by atoms with Gasteiger partial charge in [0.2, 0.25) is 6.79 Å². The summed E-state index contributed by atoms with van der Waals surface area (Å²) < 4.78 is 10.5. The van der Waals surface area contributed by atoms with Crippen LogP contribution < -0.4 is 15.2 Å². The molecule has 1 aromatic carbocycles. The zero-order valence-corrected chi connectivity index (χ0v) is 9.60. The van der Waals surface area contributed by atoms with Crippen LogP contribution in [0.4, 0.5) is 0 Å². The molecule has 1 aliphatic heterocycles. The molecule has 0 aliphatic carbocycles. The average molecular weight is 237 g/mol. The molecule has 17 heavy (non-hydrogen) atoms. The first kappa shape index (κ1) is 11.7. The largest absolute Gasteiger partial charge is 0.481 e. The summed E-state index contributed by atoms with van der Waals surface area (Å²) in [4.78, 5) is 10.8. The highest BCUT2D eigenvalue weighted by Gasteiger charge is 2.30.